The fraction of sp³-hybridized carbons (Fsp3) is 0.462. The Morgan fingerprint density at radius 1 is 1.47 bits per heavy atom. The summed E-state index contributed by atoms with van der Waals surface area (Å²) in [5.41, 5.74) is 2.94. The van der Waals surface area contributed by atoms with E-state index in [9.17, 15) is 4.79 Å². The molecular formula is C13H18O2. The molecule has 82 valence electrons. The number of carbonyl (C=O) groups excluding carboxylic acids is 1. The summed E-state index contributed by atoms with van der Waals surface area (Å²) < 4.78 is 5.20. The van der Waals surface area contributed by atoms with Gasteiger partial charge in [-0.05, 0) is 36.5 Å². The van der Waals surface area contributed by atoms with Crippen LogP contribution < -0.4 is 4.74 Å². The second-order valence-corrected chi connectivity index (χ2v) is 3.88. The van der Waals surface area contributed by atoms with E-state index in [0.717, 1.165) is 35.1 Å². The highest BCUT2D eigenvalue weighted by Crippen LogP contribution is 2.28. The van der Waals surface area contributed by atoms with Crippen molar-refractivity contribution in [1.29, 1.82) is 0 Å². The molecular weight excluding hydrogens is 188 g/mol. The van der Waals surface area contributed by atoms with Crippen LogP contribution in [-0.4, -0.2) is 13.4 Å². The summed E-state index contributed by atoms with van der Waals surface area (Å²) in [6.45, 7) is 6.26. The number of ether oxygens (including phenoxy) is 1. The lowest BCUT2D eigenvalue weighted by Gasteiger charge is -2.15. The predicted molar refractivity (Wildman–Crippen MR) is 61.8 cm³/mol. The van der Waals surface area contributed by atoms with Crippen LogP contribution in [0.1, 0.15) is 47.7 Å². The molecule has 1 aromatic carbocycles. The van der Waals surface area contributed by atoms with Crippen LogP contribution in [0.4, 0.5) is 0 Å². The second-order valence-electron chi connectivity index (χ2n) is 3.88. The van der Waals surface area contributed by atoms with Gasteiger partial charge in [-0.15, -0.1) is 0 Å². The van der Waals surface area contributed by atoms with Gasteiger partial charge in [-0.3, -0.25) is 4.79 Å². The summed E-state index contributed by atoms with van der Waals surface area (Å²) in [7, 11) is 1.62. The molecule has 1 unspecified atom stereocenters. The van der Waals surface area contributed by atoms with Gasteiger partial charge in [-0.25, -0.2) is 0 Å². The van der Waals surface area contributed by atoms with E-state index in [0.29, 0.717) is 5.92 Å². The van der Waals surface area contributed by atoms with E-state index >= 15 is 0 Å². The first kappa shape index (κ1) is 11.8. The molecule has 2 heteroatoms. The molecule has 0 spiro atoms. The molecule has 0 aromatic heterocycles. The lowest BCUT2D eigenvalue weighted by Crippen LogP contribution is -2.00. The molecule has 0 radical (unpaired) electrons. The SMILES string of the molecule is CCC(C)c1cc(C)c(OC)cc1C=O. The van der Waals surface area contributed by atoms with Gasteiger partial charge < -0.3 is 4.74 Å². The van der Waals surface area contributed by atoms with Crippen molar-refractivity contribution in [2.24, 2.45) is 0 Å². The molecule has 0 aliphatic rings. The van der Waals surface area contributed by atoms with Gasteiger partial charge in [-0.1, -0.05) is 19.9 Å². The molecule has 15 heavy (non-hydrogen) atoms. The number of aryl methyl sites for hydroxylation is 1. The summed E-state index contributed by atoms with van der Waals surface area (Å²) in [6, 6.07) is 3.88. The Morgan fingerprint density at radius 3 is 2.60 bits per heavy atom. The van der Waals surface area contributed by atoms with E-state index in [1.807, 2.05) is 13.0 Å². The van der Waals surface area contributed by atoms with Crippen molar-refractivity contribution in [3.63, 3.8) is 0 Å². The molecule has 0 saturated carbocycles. The molecule has 2 nitrogen and oxygen atoms in total. The van der Waals surface area contributed by atoms with Crippen molar-refractivity contribution in [3.8, 4) is 5.75 Å². The summed E-state index contributed by atoms with van der Waals surface area (Å²) in [4.78, 5) is 11.0. The normalized spacial score (nSPS) is 12.3. The van der Waals surface area contributed by atoms with Gasteiger partial charge in [0, 0.05) is 5.56 Å². The lowest BCUT2D eigenvalue weighted by molar-refractivity contribution is 0.112. The fourth-order valence-corrected chi connectivity index (χ4v) is 1.69. The van der Waals surface area contributed by atoms with Crippen LogP contribution in [0.3, 0.4) is 0 Å². The Morgan fingerprint density at radius 2 is 2.13 bits per heavy atom. The Bertz CT molecular complexity index is 356. The minimum atomic E-state index is 0.412. The molecule has 0 heterocycles. The van der Waals surface area contributed by atoms with Gasteiger partial charge in [0.05, 0.1) is 7.11 Å². The van der Waals surface area contributed by atoms with E-state index in [-0.39, 0.29) is 0 Å². The van der Waals surface area contributed by atoms with E-state index < -0.39 is 0 Å². The standard InChI is InChI=1S/C13H18O2/c1-5-9(2)12-6-10(3)13(15-4)7-11(12)8-14/h6-9H,5H2,1-4H3. The highest BCUT2D eigenvalue weighted by molar-refractivity contribution is 5.79. The van der Waals surface area contributed by atoms with Crippen LogP contribution >= 0.6 is 0 Å². The monoisotopic (exact) mass is 206 g/mol. The van der Waals surface area contributed by atoms with Crippen LogP contribution in [0.2, 0.25) is 0 Å². The molecule has 0 amide bonds. The maximum absolute atomic E-state index is 11.0. The Kier molecular flexibility index (Phi) is 3.89. The van der Waals surface area contributed by atoms with Crippen molar-refractivity contribution < 1.29 is 9.53 Å². The zero-order chi connectivity index (χ0) is 11.4. The van der Waals surface area contributed by atoms with Gasteiger partial charge in [0.2, 0.25) is 0 Å². The van der Waals surface area contributed by atoms with Crippen LogP contribution in [0.5, 0.6) is 5.75 Å². The zero-order valence-electron chi connectivity index (χ0n) is 9.83. The third kappa shape index (κ3) is 2.38. The molecule has 0 N–H and O–H groups in total. The molecule has 0 aliphatic heterocycles. The van der Waals surface area contributed by atoms with Crippen molar-refractivity contribution >= 4 is 6.29 Å². The maximum atomic E-state index is 11.0. The number of carbonyl (C=O) groups is 1. The van der Waals surface area contributed by atoms with Gasteiger partial charge in [0.1, 0.15) is 12.0 Å². The van der Waals surface area contributed by atoms with Gasteiger partial charge in [-0.2, -0.15) is 0 Å². The van der Waals surface area contributed by atoms with Gasteiger partial charge >= 0.3 is 0 Å². The van der Waals surface area contributed by atoms with E-state index in [1.54, 1.807) is 7.11 Å². The molecule has 1 atom stereocenters. The average Bonchev–Trinajstić information content (AvgIpc) is 2.27. The number of hydrogen-bond donors (Lipinski definition) is 0. The van der Waals surface area contributed by atoms with Gasteiger partial charge in [0.15, 0.2) is 0 Å². The molecule has 1 rings (SSSR count). The van der Waals surface area contributed by atoms with Crippen LogP contribution in [-0.2, 0) is 0 Å². The quantitative estimate of drug-likeness (QED) is 0.706. The summed E-state index contributed by atoms with van der Waals surface area (Å²) in [5.74, 6) is 1.19. The highest BCUT2D eigenvalue weighted by atomic mass is 16.5. The first-order chi connectivity index (χ1) is 7.13. The zero-order valence-corrected chi connectivity index (χ0v) is 9.83. The number of methoxy groups -OCH3 is 1. The van der Waals surface area contributed by atoms with Crippen LogP contribution in [0, 0.1) is 6.92 Å². The Labute approximate surface area is 91.3 Å². The first-order valence-corrected chi connectivity index (χ1v) is 5.27. The third-order valence-corrected chi connectivity index (χ3v) is 2.87. The lowest BCUT2D eigenvalue weighted by atomic mass is 9.92. The number of hydrogen-bond acceptors (Lipinski definition) is 2. The summed E-state index contributed by atoms with van der Waals surface area (Å²) >= 11 is 0. The average molecular weight is 206 g/mol. The van der Waals surface area contributed by atoms with Crippen LogP contribution in [0.25, 0.3) is 0 Å². The first-order valence-electron chi connectivity index (χ1n) is 5.27. The minimum absolute atomic E-state index is 0.412. The summed E-state index contributed by atoms with van der Waals surface area (Å²) in [5, 5.41) is 0. The molecule has 1 aromatic rings. The highest BCUT2D eigenvalue weighted by Gasteiger charge is 2.11. The van der Waals surface area contributed by atoms with Crippen molar-refractivity contribution in [2.45, 2.75) is 33.1 Å². The van der Waals surface area contributed by atoms with Gasteiger partial charge in [0.25, 0.3) is 0 Å². The molecule has 0 saturated heterocycles. The topological polar surface area (TPSA) is 26.3 Å². The molecule has 0 aliphatic carbocycles. The number of benzene rings is 1. The fourth-order valence-electron chi connectivity index (χ4n) is 1.69. The molecule has 0 fully saturated rings. The maximum Gasteiger partial charge on any atom is 0.150 e. The van der Waals surface area contributed by atoms with Crippen molar-refractivity contribution in [1.82, 2.24) is 0 Å². The Hall–Kier alpha value is -1.31. The van der Waals surface area contributed by atoms with E-state index in [2.05, 4.69) is 19.9 Å². The summed E-state index contributed by atoms with van der Waals surface area (Å²) in [6.07, 6.45) is 1.94. The molecule has 0 bridgehead atoms. The van der Waals surface area contributed by atoms with Crippen molar-refractivity contribution in [2.75, 3.05) is 7.11 Å². The second kappa shape index (κ2) is 4.96. The minimum Gasteiger partial charge on any atom is -0.496 e. The largest absolute Gasteiger partial charge is 0.496 e. The van der Waals surface area contributed by atoms with Crippen molar-refractivity contribution in [3.05, 3.63) is 28.8 Å². The Balaban J connectivity index is 3.27. The predicted octanol–water partition coefficient (Wildman–Crippen LogP) is 3.33. The van der Waals surface area contributed by atoms with Crippen LogP contribution in [0.15, 0.2) is 12.1 Å². The van der Waals surface area contributed by atoms with E-state index in [1.165, 1.54) is 0 Å². The number of rotatable bonds is 4. The number of aldehydes is 1. The van der Waals surface area contributed by atoms with E-state index in [4.69, 9.17) is 4.74 Å². The third-order valence-electron chi connectivity index (χ3n) is 2.87. The smallest absolute Gasteiger partial charge is 0.150 e.